The van der Waals surface area contributed by atoms with Crippen molar-refractivity contribution in [2.24, 2.45) is 0 Å². The van der Waals surface area contributed by atoms with Crippen LogP contribution in [0.4, 0.5) is 0 Å². The lowest BCUT2D eigenvalue weighted by Gasteiger charge is -2.29. The standard InChI is InChI=1S/C28H28N2O4S2/c1-21-13-17-25(18-14-21)35(31,32)29-27(23-9-5-3-6-10-23)28(24-11-7-4-8-12-24)30-36(33,34)26-19-15-22(2)16-20-26/h3-20,27-30H,1-2H3/t27-,28+. The van der Waals surface area contributed by atoms with Crippen LogP contribution in [0.3, 0.4) is 0 Å². The van der Waals surface area contributed by atoms with E-state index in [-0.39, 0.29) is 9.79 Å². The van der Waals surface area contributed by atoms with Crippen LogP contribution in [0.15, 0.2) is 119 Å². The molecule has 0 bridgehead atoms. The number of sulfonamides is 2. The van der Waals surface area contributed by atoms with Crippen molar-refractivity contribution in [1.29, 1.82) is 0 Å². The van der Waals surface area contributed by atoms with Crippen molar-refractivity contribution >= 4 is 20.0 Å². The van der Waals surface area contributed by atoms with Gasteiger partial charge in [0.1, 0.15) is 0 Å². The predicted molar refractivity (Wildman–Crippen MR) is 141 cm³/mol. The largest absolute Gasteiger partial charge is 0.241 e. The molecule has 0 aromatic heterocycles. The lowest BCUT2D eigenvalue weighted by molar-refractivity contribution is 0.466. The molecule has 2 N–H and O–H groups in total. The van der Waals surface area contributed by atoms with E-state index in [1.807, 2.05) is 26.0 Å². The molecule has 0 radical (unpaired) electrons. The normalized spacial score (nSPS) is 13.7. The summed E-state index contributed by atoms with van der Waals surface area (Å²) in [5, 5.41) is 0. The first kappa shape index (κ1) is 25.8. The highest BCUT2D eigenvalue weighted by Crippen LogP contribution is 2.32. The van der Waals surface area contributed by atoms with Crippen LogP contribution in [-0.2, 0) is 20.0 Å². The molecule has 0 heterocycles. The van der Waals surface area contributed by atoms with E-state index >= 15 is 0 Å². The van der Waals surface area contributed by atoms with Gasteiger partial charge in [-0.05, 0) is 49.2 Å². The summed E-state index contributed by atoms with van der Waals surface area (Å²) < 4.78 is 59.3. The van der Waals surface area contributed by atoms with Crippen molar-refractivity contribution < 1.29 is 16.8 Å². The summed E-state index contributed by atoms with van der Waals surface area (Å²) in [7, 11) is -7.98. The molecule has 4 rings (SSSR count). The highest BCUT2D eigenvalue weighted by molar-refractivity contribution is 7.90. The molecule has 6 nitrogen and oxygen atoms in total. The average Bonchev–Trinajstić information content (AvgIpc) is 2.88. The third-order valence-electron chi connectivity index (χ3n) is 5.88. The lowest BCUT2D eigenvalue weighted by atomic mass is 9.95. The Morgan fingerprint density at radius 1 is 0.472 bits per heavy atom. The molecule has 0 amide bonds. The summed E-state index contributed by atoms with van der Waals surface area (Å²) >= 11 is 0. The Bertz CT molecular complexity index is 1390. The quantitative estimate of drug-likeness (QED) is 0.323. The molecule has 2 atom stereocenters. The van der Waals surface area contributed by atoms with Crippen LogP contribution in [0.2, 0.25) is 0 Å². The Hall–Kier alpha value is -3.30. The monoisotopic (exact) mass is 520 g/mol. The molecule has 4 aromatic carbocycles. The zero-order valence-electron chi connectivity index (χ0n) is 20.0. The van der Waals surface area contributed by atoms with Gasteiger partial charge in [0.25, 0.3) is 0 Å². The summed E-state index contributed by atoms with van der Waals surface area (Å²) in [5.41, 5.74) is 3.10. The van der Waals surface area contributed by atoms with Crippen molar-refractivity contribution in [2.75, 3.05) is 0 Å². The number of hydrogen-bond acceptors (Lipinski definition) is 4. The summed E-state index contributed by atoms with van der Waals surface area (Å²) in [6.07, 6.45) is 0. The zero-order valence-corrected chi connectivity index (χ0v) is 21.6. The van der Waals surface area contributed by atoms with Crippen LogP contribution in [-0.4, -0.2) is 16.8 Å². The number of rotatable bonds is 9. The van der Waals surface area contributed by atoms with E-state index in [4.69, 9.17) is 0 Å². The molecule has 36 heavy (non-hydrogen) atoms. The van der Waals surface area contributed by atoms with E-state index in [0.29, 0.717) is 11.1 Å². The summed E-state index contributed by atoms with van der Waals surface area (Å²) in [4.78, 5) is 0.199. The Labute approximate surface area is 213 Å². The maximum absolute atomic E-state index is 13.4. The van der Waals surface area contributed by atoms with Crippen molar-refractivity contribution in [3.63, 3.8) is 0 Å². The van der Waals surface area contributed by atoms with Gasteiger partial charge in [0.2, 0.25) is 20.0 Å². The maximum Gasteiger partial charge on any atom is 0.241 e. The first-order chi connectivity index (χ1) is 17.2. The number of hydrogen-bond donors (Lipinski definition) is 2. The van der Waals surface area contributed by atoms with Gasteiger partial charge in [-0.2, -0.15) is 0 Å². The van der Waals surface area contributed by atoms with Gasteiger partial charge < -0.3 is 0 Å². The van der Waals surface area contributed by atoms with Gasteiger partial charge in [0, 0.05) is 0 Å². The Kier molecular flexibility index (Phi) is 7.70. The molecule has 8 heteroatoms. The highest BCUT2D eigenvalue weighted by Gasteiger charge is 2.33. The van der Waals surface area contributed by atoms with Crippen molar-refractivity contribution in [2.45, 2.75) is 35.7 Å². The van der Waals surface area contributed by atoms with Crippen LogP contribution in [0.1, 0.15) is 34.3 Å². The predicted octanol–water partition coefficient (Wildman–Crippen LogP) is 5.04. The van der Waals surface area contributed by atoms with E-state index in [1.165, 1.54) is 24.3 Å². The second-order valence-electron chi connectivity index (χ2n) is 8.65. The van der Waals surface area contributed by atoms with E-state index in [2.05, 4.69) is 9.44 Å². The second kappa shape index (κ2) is 10.8. The first-order valence-corrected chi connectivity index (χ1v) is 14.4. The molecule has 0 fully saturated rings. The van der Waals surface area contributed by atoms with E-state index in [0.717, 1.165) is 11.1 Å². The van der Waals surface area contributed by atoms with E-state index < -0.39 is 32.1 Å². The topological polar surface area (TPSA) is 92.3 Å². The fraction of sp³-hybridized carbons (Fsp3) is 0.143. The van der Waals surface area contributed by atoms with Crippen LogP contribution < -0.4 is 9.44 Å². The molecular formula is C28H28N2O4S2. The van der Waals surface area contributed by atoms with Crippen LogP contribution in [0, 0.1) is 13.8 Å². The van der Waals surface area contributed by atoms with Crippen molar-refractivity contribution in [3.05, 3.63) is 131 Å². The van der Waals surface area contributed by atoms with E-state index in [9.17, 15) is 16.8 Å². The number of benzene rings is 4. The fourth-order valence-electron chi connectivity index (χ4n) is 3.88. The third-order valence-corrected chi connectivity index (χ3v) is 8.79. The van der Waals surface area contributed by atoms with Crippen molar-refractivity contribution in [3.8, 4) is 0 Å². The van der Waals surface area contributed by atoms with Gasteiger partial charge in [0.05, 0.1) is 21.9 Å². The second-order valence-corrected chi connectivity index (χ2v) is 12.1. The van der Waals surface area contributed by atoms with Gasteiger partial charge in [-0.1, -0.05) is 96.1 Å². The Morgan fingerprint density at radius 3 is 1.08 bits per heavy atom. The lowest BCUT2D eigenvalue weighted by Crippen LogP contribution is -2.40. The van der Waals surface area contributed by atoms with Gasteiger partial charge in [0.15, 0.2) is 0 Å². The minimum absolute atomic E-state index is 0.0993. The Morgan fingerprint density at radius 2 is 0.778 bits per heavy atom. The smallest absolute Gasteiger partial charge is 0.207 e. The summed E-state index contributed by atoms with van der Waals surface area (Å²) in [6.45, 7) is 3.75. The van der Waals surface area contributed by atoms with Crippen LogP contribution in [0.5, 0.6) is 0 Å². The molecule has 0 saturated carbocycles. The van der Waals surface area contributed by atoms with Gasteiger partial charge in [-0.25, -0.2) is 26.3 Å². The third kappa shape index (κ3) is 6.09. The van der Waals surface area contributed by atoms with Gasteiger partial charge in [-0.3, -0.25) is 0 Å². The summed E-state index contributed by atoms with van der Waals surface area (Å²) in [6, 6.07) is 29.1. The number of nitrogens with one attached hydrogen (secondary N) is 2. The minimum atomic E-state index is -3.99. The van der Waals surface area contributed by atoms with Crippen LogP contribution in [0.25, 0.3) is 0 Å². The highest BCUT2D eigenvalue weighted by atomic mass is 32.2. The average molecular weight is 521 g/mol. The molecule has 0 spiro atoms. The molecule has 4 aromatic rings. The fourth-order valence-corrected chi connectivity index (χ4v) is 6.36. The maximum atomic E-state index is 13.4. The van der Waals surface area contributed by atoms with Gasteiger partial charge >= 0.3 is 0 Å². The molecular weight excluding hydrogens is 492 g/mol. The molecule has 186 valence electrons. The molecule has 0 unspecified atom stereocenters. The van der Waals surface area contributed by atoms with E-state index in [1.54, 1.807) is 72.8 Å². The van der Waals surface area contributed by atoms with Crippen LogP contribution >= 0.6 is 0 Å². The molecule has 0 aliphatic rings. The zero-order chi connectivity index (χ0) is 25.8. The van der Waals surface area contributed by atoms with Gasteiger partial charge in [-0.15, -0.1) is 0 Å². The minimum Gasteiger partial charge on any atom is -0.207 e. The number of aryl methyl sites for hydroxylation is 2. The molecule has 0 aliphatic heterocycles. The Balaban J connectivity index is 1.81. The van der Waals surface area contributed by atoms with Crippen molar-refractivity contribution in [1.82, 2.24) is 9.44 Å². The first-order valence-electron chi connectivity index (χ1n) is 11.4. The molecule has 0 aliphatic carbocycles. The molecule has 0 saturated heterocycles. The summed E-state index contributed by atoms with van der Waals surface area (Å²) in [5.74, 6) is 0. The SMILES string of the molecule is Cc1ccc(S(=O)(=O)N[C@H](c2ccccc2)[C@@H](NS(=O)(=O)c2ccc(C)cc2)c2ccccc2)cc1.